The average Bonchev–Trinajstić information content (AvgIpc) is 2.70. The minimum Gasteiger partial charge on any atom is -0.478 e. The van der Waals surface area contributed by atoms with E-state index in [0.29, 0.717) is 5.69 Å². The van der Waals surface area contributed by atoms with Gasteiger partial charge < -0.3 is 9.52 Å². The van der Waals surface area contributed by atoms with Crippen molar-refractivity contribution in [2.24, 2.45) is 0 Å². The van der Waals surface area contributed by atoms with Gasteiger partial charge in [0.1, 0.15) is 0 Å². The lowest BCUT2D eigenvalue weighted by molar-refractivity contribution is 0.0696. The van der Waals surface area contributed by atoms with Crippen LogP contribution in [0.3, 0.4) is 0 Å². The Balaban J connectivity index is 2.48. The zero-order chi connectivity index (χ0) is 10.8. The first kappa shape index (κ1) is 9.73. The summed E-state index contributed by atoms with van der Waals surface area (Å²) in [7, 11) is 0. The third-order valence-electron chi connectivity index (χ3n) is 1.88. The van der Waals surface area contributed by atoms with Crippen LogP contribution < -0.4 is 0 Å². The number of nitrogens with zero attached hydrogens (tertiary/aromatic N) is 1. The van der Waals surface area contributed by atoms with E-state index in [-0.39, 0.29) is 10.6 Å². The van der Waals surface area contributed by atoms with Crippen molar-refractivity contribution in [3.05, 3.63) is 41.4 Å². The molecule has 76 valence electrons. The Bertz CT molecular complexity index is 493. The van der Waals surface area contributed by atoms with Crippen LogP contribution in [-0.2, 0) is 0 Å². The maximum atomic E-state index is 10.6. The SMILES string of the molecule is O=C(O)c1cnc(-c2ccoc2)c(Cl)c1. The number of carbonyl (C=O) groups is 1. The van der Waals surface area contributed by atoms with Crippen molar-refractivity contribution in [2.75, 3.05) is 0 Å². The van der Waals surface area contributed by atoms with Crippen LogP contribution in [0.15, 0.2) is 35.3 Å². The zero-order valence-electron chi connectivity index (χ0n) is 7.48. The van der Waals surface area contributed by atoms with Gasteiger partial charge in [-0.25, -0.2) is 4.79 Å². The topological polar surface area (TPSA) is 63.3 Å². The predicted octanol–water partition coefficient (Wildman–Crippen LogP) is 2.69. The summed E-state index contributed by atoms with van der Waals surface area (Å²) >= 11 is 5.90. The van der Waals surface area contributed by atoms with Crippen molar-refractivity contribution >= 4 is 17.6 Å². The number of aromatic nitrogens is 1. The van der Waals surface area contributed by atoms with Crippen molar-refractivity contribution in [3.8, 4) is 11.3 Å². The van der Waals surface area contributed by atoms with Gasteiger partial charge in [-0.15, -0.1) is 0 Å². The summed E-state index contributed by atoms with van der Waals surface area (Å²) in [5.74, 6) is -1.05. The molecule has 0 aromatic carbocycles. The first-order valence-electron chi connectivity index (χ1n) is 4.10. The molecular formula is C10H6ClNO3. The highest BCUT2D eigenvalue weighted by Gasteiger charge is 2.10. The maximum Gasteiger partial charge on any atom is 0.337 e. The number of carboxylic acid groups (broad SMARTS) is 1. The van der Waals surface area contributed by atoms with Crippen molar-refractivity contribution < 1.29 is 14.3 Å². The Morgan fingerprint density at radius 2 is 2.33 bits per heavy atom. The Kier molecular flexibility index (Phi) is 2.43. The van der Waals surface area contributed by atoms with E-state index < -0.39 is 5.97 Å². The second-order valence-electron chi connectivity index (χ2n) is 2.87. The van der Waals surface area contributed by atoms with E-state index in [9.17, 15) is 4.79 Å². The highest BCUT2D eigenvalue weighted by atomic mass is 35.5. The molecule has 0 atom stereocenters. The number of hydrogen-bond acceptors (Lipinski definition) is 3. The minimum atomic E-state index is -1.05. The number of halogens is 1. The lowest BCUT2D eigenvalue weighted by Gasteiger charge is -2.00. The molecule has 0 aliphatic heterocycles. The number of pyridine rings is 1. The Morgan fingerprint density at radius 3 is 2.87 bits per heavy atom. The third kappa shape index (κ3) is 1.85. The fourth-order valence-corrected chi connectivity index (χ4v) is 1.44. The normalized spacial score (nSPS) is 10.2. The quantitative estimate of drug-likeness (QED) is 0.850. The van der Waals surface area contributed by atoms with Crippen LogP contribution in [0.4, 0.5) is 0 Å². The van der Waals surface area contributed by atoms with Gasteiger partial charge in [0.2, 0.25) is 0 Å². The van der Waals surface area contributed by atoms with Crippen molar-refractivity contribution in [2.45, 2.75) is 0 Å². The van der Waals surface area contributed by atoms with Gasteiger partial charge in [0.15, 0.2) is 0 Å². The minimum absolute atomic E-state index is 0.0623. The molecule has 2 aromatic rings. The van der Waals surface area contributed by atoms with E-state index in [1.807, 2.05) is 0 Å². The number of carboxylic acids is 1. The van der Waals surface area contributed by atoms with Gasteiger partial charge in [-0.3, -0.25) is 4.98 Å². The zero-order valence-corrected chi connectivity index (χ0v) is 8.23. The molecule has 0 amide bonds. The molecule has 0 aliphatic carbocycles. The molecular weight excluding hydrogens is 218 g/mol. The third-order valence-corrected chi connectivity index (χ3v) is 2.17. The maximum absolute atomic E-state index is 10.6. The fourth-order valence-electron chi connectivity index (χ4n) is 1.17. The van der Waals surface area contributed by atoms with Gasteiger partial charge in [0, 0.05) is 11.8 Å². The average molecular weight is 224 g/mol. The molecule has 0 aliphatic rings. The molecule has 0 bridgehead atoms. The van der Waals surface area contributed by atoms with E-state index in [4.69, 9.17) is 21.1 Å². The molecule has 0 saturated carbocycles. The lowest BCUT2D eigenvalue weighted by Crippen LogP contribution is -1.97. The van der Waals surface area contributed by atoms with Crippen LogP contribution >= 0.6 is 11.6 Å². The van der Waals surface area contributed by atoms with Crippen LogP contribution in [0.1, 0.15) is 10.4 Å². The molecule has 0 saturated heterocycles. The first-order chi connectivity index (χ1) is 7.18. The molecule has 4 nitrogen and oxygen atoms in total. The van der Waals surface area contributed by atoms with Crippen molar-refractivity contribution in [1.82, 2.24) is 4.98 Å². The number of furan rings is 1. The first-order valence-corrected chi connectivity index (χ1v) is 4.47. The predicted molar refractivity (Wildman–Crippen MR) is 53.9 cm³/mol. The summed E-state index contributed by atoms with van der Waals surface area (Å²) in [6.45, 7) is 0. The van der Waals surface area contributed by atoms with Gasteiger partial charge in [0.05, 0.1) is 28.8 Å². The van der Waals surface area contributed by atoms with Crippen LogP contribution in [0.25, 0.3) is 11.3 Å². The summed E-state index contributed by atoms with van der Waals surface area (Å²) < 4.78 is 4.89. The Hall–Kier alpha value is -1.81. The number of rotatable bonds is 2. The number of aromatic carboxylic acids is 1. The van der Waals surface area contributed by atoms with E-state index in [1.165, 1.54) is 24.8 Å². The van der Waals surface area contributed by atoms with Crippen LogP contribution in [0.2, 0.25) is 5.02 Å². The molecule has 1 N–H and O–H groups in total. The summed E-state index contributed by atoms with van der Waals surface area (Å²) in [4.78, 5) is 14.6. The standard InChI is InChI=1S/C10H6ClNO3/c11-8-3-7(10(13)14)4-12-9(8)6-1-2-15-5-6/h1-5H,(H,13,14). The van der Waals surface area contributed by atoms with E-state index in [1.54, 1.807) is 6.07 Å². The van der Waals surface area contributed by atoms with Gasteiger partial charge in [-0.2, -0.15) is 0 Å². The van der Waals surface area contributed by atoms with Gasteiger partial charge in [-0.1, -0.05) is 11.6 Å². The number of hydrogen-bond donors (Lipinski definition) is 1. The molecule has 2 heterocycles. The van der Waals surface area contributed by atoms with E-state index in [2.05, 4.69) is 4.98 Å². The van der Waals surface area contributed by atoms with Crippen LogP contribution in [0, 0.1) is 0 Å². The molecule has 0 unspecified atom stereocenters. The second-order valence-corrected chi connectivity index (χ2v) is 3.28. The summed E-state index contributed by atoms with van der Waals surface area (Å²) in [5.41, 5.74) is 1.29. The van der Waals surface area contributed by atoms with Gasteiger partial charge >= 0.3 is 5.97 Å². The van der Waals surface area contributed by atoms with E-state index >= 15 is 0 Å². The summed E-state index contributed by atoms with van der Waals surface area (Å²) in [6.07, 6.45) is 4.25. The summed E-state index contributed by atoms with van der Waals surface area (Å²) in [6, 6.07) is 3.06. The highest BCUT2D eigenvalue weighted by molar-refractivity contribution is 6.33. The van der Waals surface area contributed by atoms with Gasteiger partial charge in [-0.05, 0) is 12.1 Å². The van der Waals surface area contributed by atoms with Crippen molar-refractivity contribution in [3.63, 3.8) is 0 Å². The van der Waals surface area contributed by atoms with Gasteiger partial charge in [0.25, 0.3) is 0 Å². The highest BCUT2D eigenvalue weighted by Crippen LogP contribution is 2.26. The van der Waals surface area contributed by atoms with Crippen molar-refractivity contribution in [1.29, 1.82) is 0 Å². The molecule has 0 radical (unpaired) electrons. The molecule has 2 aromatic heterocycles. The van der Waals surface area contributed by atoms with Crippen LogP contribution in [0.5, 0.6) is 0 Å². The Labute approximate surface area is 90.1 Å². The largest absolute Gasteiger partial charge is 0.478 e. The lowest BCUT2D eigenvalue weighted by atomic mass is 10.2. The fraction of sp³-hybridized carbons (Fsp3) is 0. The molecule has 5 heteroatoms. The monoisotopic (exact) mass is 223 g/mol. The molecule has 0 spiro atoms. The second kappa shape index (κ2) is 3.74. The smallest absolute Gasteiger partial charge is 0.337 e. The molecule has 15 heavy (non-hydrogen) atoms. The molecule has 2 rings (SSSR count). The summed E-state index contributed by atoms with van der Waals surface area (Å²) in [5, 5.41) is 9.00. The Morgan fingerprint density at radius 1 is 1.53 bits per heavy atom. The van der Waals surface area contributed by atoms with E-state index in [0.717, 1.165) is 5.56 Å². The molecule has 0 fully saturated rings. The van der Waals surface area contributed by atoms with Crippen LogP contribution in [-0.4, -0.2) is 16.1 Å².